The Morgan fingerprint density at radius 3 is 2.76 bits per heavy atom. The quantitative estimate of drug-likeness (QED) is 0.314. The zero-order chi connectivity index (χ0) is 26.6. The number of benzene rings is 2. The lowest BCUT2D eigenvalue weighted by atomic mass is 10.1. The van der Waals surface area contributed by atoms with Gasteiger partial charge < -0.3 is 14.6 Å². The van der Waals surface area contributed by atoms with Crippen molar-refractivity contribution in [2.24, 2.45) is 0 Å². The summed E-state index contributed by atoms with van der Waals surface area (Å²) in [6, 6.07) is 8.71. The molecule has 0 unspecified atom stereocenters. The third-order valence-corrected chi connectivity index (χ3v) is 7.60. The number of hydrogen-bond donors (Lipinski definition) is 1. The highest BCUT2D eigenvalue weighted by atomic mass is 32.1. The molecular weight excluding hydrogens is 509 g/mol. The van der Waals surface area contributed by atoms with Gasteiger partial charge in [-0.2, -0.15) is 0 Å². The molecule has 0 aliphatic carbocycles. The molecule has 6 rings (SSSR count). The van der Waals surface area contributed by atoms with Crippen molar-refractivity contribution in [2.75, 3.05) is 18.6 Å². The van der Waals surface area contributed by atoms with Crippen LogP contribution in [0.1, 0.15) is 16.8 Å². The molecule has 2 aromatic carbocycles. The maximum absolute atomic E-state index is 15.1. The number of aromatic nitrogens is 4. The number of anilines is 1. The van der Waals surface area contributed by atoms with Crippen LogP contribution in [0.4, 0.5) is 14.9 Å². The van der Waals surface area contributed by atoms with E-state index in [9.17, 15) is 9.90 Å². The SMILES string of the molecule is COc1cnc2c(-c3nc4cc(F)c5c(c4s3)C[C@H](CN(C(=O)O)c3ccc(C)nc3)O5)cc(C)cc2n1. The Hall–Kier alpha value is -4.38. The van der Waals surface area contributed by atoms with E-state index in [1.807, 2.05) is 26.0 Å². The second-order valence-electron chi connectivity index (χ2n) is 9.12. The number of rotatable bonds is 5. The number of halogens is 1. The molecule has 0 fully saturated rings. The van der Waals surface area contributed by atoms with E-state index in [1.54, 1.807) is 18.3 Å². The van der Waals surface area contributed by atoms with E-state index in [-0.39, 0.29) is 12.3 Å². The van der Waals surface area contributed by atoms with Gasteiger partial charge in [0.15, 0.2) is 11.6 Å². The van der Waals surface area contributed by atoms with Gasteiger partial charge in [0.25, 0.3) is 0 Å². The molecule has 11 heteroatoms. The summed E-state index contributed by atoms with van der Waals surface area (Å²) in [6.07, 6.45) is 1.71. The maximum atomic E-state index is 15.1. The molecule has 4 heterocycles. The Morgan fingerprint density at radius 1 is 1.18 bits per heavy atom. The molecule has 0 spiro atoms. The summed E-state index contributed by atoms with van der Waals surface area (Å²) in [6.45, 7) is 3.82. The maximum Gasteiger partial charge on any atom is 0.411 e. The van der Waals surface area contributed by atoms with Crippen LogP contribution in [0.15, 0.2) is 42.7 Å². The Bertz CT molecular complexity index is 1720. The lowest BCUT2D eigenvalue weighted by Crippen LogP contribution is -2.38. The molecule has 3 aromatic heterocycles. The number of pyridine rings is 1. The van der Waals surface area contributed by atoms with Crippen LogP contribution in [0, 0.1) is 19.7 Å². The number of methoxy groups -OCH3 is 1. The number of carboxylic acid groups (broad SMARTS) is 1. The highest BCUT2D eigenvalue weighted by Crippen LogP contribution is 2.43. The minimum atomic E-state index is -1.13. The number of aryl methyl sites for hydroxylation is 2. The molecule has 1 amide bonds. The topological polar surface area (TPSA) is 111 Å². The summed E-state index contributed by atoms with van der Waals surface area (Å²) in [7, 11) is 1.54. The van der Waals surface area contributed by atoms with E-state index in [1.165, 1.54) is 35.6 Å². The lowest BCUT2D eigenvalue weighted by Gasteiger charge is -2.22. The summed E-state index contributed by atoms with van der Waals surface area (Å²) in [5.74, 6) is 0.0336. The van der Waals surface area contributed by atoms with Gasteiger partial charge in [0.1, 0.15) is 11.1 Å². The van der Waals surface area contributed by atoms with Crippen LogP contribution in [0.25, 0.3) is 31.8 Å². The summed E-state index contributed by atoms with van der Waals surface area (Å²) in [4.78, 5) is 31.1. The van der Waals surface area contributed by atoms with Gasteiger partial charge in [-0.3, -0.25) is 9.88 Å². The number of carbonyl (C=O) groups is 1. The monoisotopic (exact) mass is 531 g/mol. The van der Waals surface area contributed by atoms with Crippen LogP contribution in [0.5, 0.6) is 11.6 Å². The Balaban J connectivity index is 1.37. The van der Waals surface area contributed by atoms with Crippen molar-refractivity contribution in [1.29, 1.82) is 0 Å². The minimum Gasteiger partial charge on any atom is -0.485 e. The van der Waals surface area contributed by atoms with Gasteiger partial charge in [0.2, 0.25) is 5.88 Å². The zero-order valence-corrected chi connectivity index (χ0v) is 21.5. The molecule has 0 saturated carbocycles. The van der Waals surface area contributed by atoms with Gasteiger partial charge in [0, 0.05) is 29.3 Å². The van der Waals surface area contributed by atoms with Crippen LogP contribution in [0.2, 0.25) is 0 Å². The first kappa shape index (κ1) is 24.0. The first-order chi connectivity index (χ1) is 18.3. The van der Waals surface area contributed by atoms with Crippen LogP contribution < -0.4 is 14.4 Å². The van der Waals surface area contributed by atoms with Crippen LogP contribution in [-0.2, 0) is 6.42 Å². The molecule has 0 radical (unpaired) electrons. The molecular formula is C27H22FN5O4S. The van der Waals surface area contributed by atoms with Gasteiger partial charge in [-0.25, -0.2) is 24.1 Å². The van der Waals surface area contributed by atoms with Gasteiger partial charge in [0.05, 0.1) is 53.0 Å². The van der Waals surface area contributed by atoms with Crippen molar-refractivity contribution >= 4 is 44.4 Å². The fourth-order valence-corrected chi connectivity index (χ4v) is 5.78. The fraction of sp³-hybridized carbons (Fsp3) is 0.222. The number of ether oxygens (including phenoxy) is 2. The Labute approximate surface area is 220 Å². The molecule has 38 heavy (non-hydrogen) atoms. The number of hydrogen-bond acceptors (Lipinski definition) is 8. The third-order valence-electron chi connectivity index (χ3n) is 6.43. The van der Waals surface area contributed by atoms with Crippen molar-refractivity contribution < 1.29 is 23.8 Å². The number of thiazole rings is 1. The summed E-state index contributed by atoms with van der Waals surface area (Å²) in [5, 5.41) is 10.5. The molecule has 5 aromatic rings. The van der Waals surface area contributed by atoms with Gasteiger partial charge in [-0.05, 0) is 43.7 Å². The van der Waals surface area contributed by atoms with Crippen molar-refractivity contribution in [3.63, 3.8) is 0 Å². The predicted molar refractivity (Wildman–Crippen MR) is 142 cm³/mol. The van der Waals surface area contributed by atoms with E-state index in [0.29, 0.717) is 45.1 Å². The van der Waals surface area contributed by atoms with Crippen molar-refractivity contribution in [2.45, 2.75) is 26.4 Å². The molecule has 0 saturated heterocycles. The standard InChI is InChI=1S/C27H22FN5O4S/c1-13-6-17(23-20(7-13)31-22(36-3)11-30-23)26-32-21-9-19(28)24-18(25(21)38-26)8-16(37-24)12-33(27(34)35)15-5-4-14(2)29-10-15/h4-7,9-11,16H,8,12H2,1-3H3,(H,34,35)/t16-/m1/s1. The van der Waals surface area contributed by atoms with E-state index >= 15 is 4.39 Å². The number of fused-ring (bicyclic) bond motifs is 4. The van der Waals surface area contributed by atoms with Gasteiger partial charge in [-0.1, -0.05) is 0 Å². The lowest BCUT2D eigenvalue weighted by molar-refractivity contribution is 0.190. The molecule has 192 valence electrons. The first-order valence-corrected chi connectivity index (χ1v) is 12.7. The van der Waals surface area contributed by atoms with E-state index in [4.69, 9.17) is 14.5 Å². The second kappa shape index (κ2) is 9.18. The average Bonchev–Trinajstić information content (AvgIpc) is 3.51. The molecule has 0 bridgehead atoms. The smallest absolute Gasteiger partial charge is 0.411 e. The molecule has 1 aliphatic heterocycles. The Kier molecular flexibility index (Phi) is 5.79. The predicted octanol–water partition coefficient (Wildman–Crippen LogP) is 5.55. The van der Waals surface area contributed by atoms with Gasteiger partial charge in [-0.15, -0.1) is 11.3 Å². The molecule has 9 nitrogen and oxygen atoms in total. The first-order valence-electron chi connectivity index (χ1n) is 11.8. The van der Waals surface area contributed by atoms with Crippen molar-refractivity contribution in [1.82, 2.24) is 19.9 Å². The normalized spacial score (nSPS) is 14.5. The fourth-order valence-electron chi connectivity index (χ4n) is 4.67. The molecule has 1 atom stereocenters. The summed E-state index contributed by atoms with van der Waals surface area (Å²) < 4.78 is 27.1. The van der Waals surface area contributed by atoms with Crippen molar-refractivity contribution in [3.8, 4) is 22.2 Å². The van der Waals surface area contributed by atoms with Crippen LogP contribution >= 0.6 is 11.3 Å². The molecule has 1 aliphatic rings. The van der Waals surface area contributed by atoms with Crippen LogP contribution in [-0.4, -0.2) is 50.9 Å². The van der Waals surface area contributed by atoms with Gasteiger partial charge >= 0.3 is 6.09 Å². The number of nitrogens with zero attached hydrogens (tertiary/aromatic N) is 5. The van der Waals surface area contributed by atoms with Crippen molar-refractivity contribution in [3.05, 3.63) is 65.4 Å². The largest absolute Gasteiger partial charge is 0.485 e. The highest BCUT2D eigenvalue weighted by Gasteiger charge is 2.33. The number of amides is 1. The summed E-state index contributed by atoms with van der Waals surface area (Å²) in [5.41, 5.74) is 5.53. The van der Waals surface area contributed by atoms with E-state index in [0.717, 1.165) is 21.5 Å². The third kappa shape index (κ3) is 4.14. The Morgan fingerprint density at radius 2 is 2.03 bits per heavy atom. The zero-order valence-electron chi connectivity index (χ0n) is 20.7. The molecule has 1 N–H and O–H groups in total. The van der Waals surface area contributed by atoms with E-state index in [2.05, 4.69) is 15.0 Å². The second-order valence-corrected chi connectivity index (χ2v) is 10.1. The highest BCUT2D eigenvalue weighted by molar-refractivity contribution is 7.22. The minimum absolute atomic E-state index is 0.0291. The average molecular weight is 532 g/mol. The van der Waals surface area contributed by atoms with Crippen LogP contribution in [0.3, 0.4) is 0 Å². The summed E-state index contributed by atoms with van der Waals surface area (Å²) >= 11 is 1.43. The van der Waals surface area contributed by atoms with E-state index < -0.39 is 18.0 Å².